The third-order valence-electron chi connectivity index (χ3n) is 6.75. The molecular formula is C22H33ClN4O2. The SMILES string of the molecule is Cl.NC1CC2CCCC(C1)C2NC(=O)CCNC(=O)N1CCc2ccccc2C1. The number of benzene rings is 1. The summed E-state index contributed by atoms with van der Waals surface area (Å²) in [6.07, 6.45) is 6.85. The highest BCUT2D eigenvalue weighted by Crippen LogP contribution is 2.39. The number of nitrogens with one attached hydrogen (secondary N) is 2. The fraction of sp³-hybridized carbons (Fsp3) is 0.636. The molecule has 1 aromatic carbocycles. The minimum absolute atomic E-state index is 0. The third-order valence-corrected chi connectivity index (χ3v) is 6.75. The maximum Gasteiger partial charge on any atom is 0.317 e. The van der Waals surface area contributed by atoms with Crippen molar-refractivity contribution in [3.8, 4) is 0 Å². The Bertz CT molecular complexity index is 715. The zero-order valence-corrected chi connectivity index (χ0v) is 17.8. The number of carbonyl (C=O) groups excluding carboxylic acids is 2. The summed E-state index contributed by atoms with van der Waals surface area (Å²) in [7, 11) is 0. The molecule has 6 nitrogen and oxygen atoms in total. The number of hydrogen-bond acceptors (Lipinski definition) is 3. The number of hydrogen-bond donors (Lipinski definition) is 3. The van der Waals surface area contributed by atoms with Gasteiger partial charge in [0.15, 0.2) is 0 Å². The van der Waals surface area contributed by atoms with Gasteiger partial charge in [-0.1, -0.05) is 30.7 Å². The van der Waals surface area contributed by atoms with E-state index < -0.39 is 0 Å². The second-order valence-corrected chi connectivity index (χ2v) is 8.70. The van der Waals surface area contributed by atoms with Gasteiger partial charge in [-0.3, -0.25) is 4.79 Å². The first kappa shape index (κ1) is 21.9. The molecule has 1 aliphatic heterocycles. The molecule has 4 N–H and O–H groups in total. The molecule has 0 aromatic heterocycles. The molecule has 4 rings (SSSR count). The summed E-state index contributed by atoms with van der Waals surface area (Å²) in [5.74, 6) is 1.09. The standard InChI is InChI=1S/C22H32N4O2.ClH/c23-19-12-16-6-3-7-17(13-19)21(16)25-20(27)8-10-24-22(28)26-11-9-15-4-1-2-5-18(15)14-26;/h1-2,4-5,16-17,19,21H,3,6-14,23H2,(H,24,28)(H,25,27);1H. The second-order valence-electron chi connectivity index (χ2n) is 8.70. The van der Waals surface area contributed by atoms with Gasteiger partial charge in [-0.25, -0.2) is 4.79 Å². The van der Waals surface area contributed by atoms with E-state index >= 15 is 0 Å². The minimum Gasteiger partial charge on any atom is -0.353 e. The average molecular weight is 421 g/mol. The first-order chi connectivity index (χ1) is 13.6. The Morgan fingerprint density at radius 2 is 1.79 bits per heavy atom. The number of amides is 3. The van der Waals surface area contributed by atoms with Crippen molar-refractivity contribution in [2.75, 3.05) is 13.1 Å². The van der Waals surface area contributed by atoms with Crippen LogP contribution in [0.15, 0.2) is 24.3 Å². The lowest BCUT2D eigenvalue weighted by atomic mass is 9.67. The Balaban J connectivity index is 0.00000240. The zero-order chi connectivity index (χ0) is 19.5. The average Bonchev–Trinajstić information content (AvgIpc) is 2.68. The number of urea groups is 1. The van der Waals surface area contributed by atoms with Crippen LogP contribution in [0.25, 0.3) is 0 Å². The summed E-state index contributed by atoms with van der Waals surface area (Å²) in [4.78, 5) is 26.7. The molecule has 7 heteroatoms. The van der Waals surface area contributed by atoms with Crippen LogP contribution in [0.3, 0.4) is 0 Å². The highest BCUT2D eigenvalue weighted by Gasteiger charge is 2.39. The quantitative estimate of drug-likeness (QED) is 0.699. The molecule has 2 bridgehead atoms. The van der Waals surface area contributed by atoms with Crippen LogP contribution in [0.5, 0.6) is 0 Å². The molecule has 160 valence electrons. The van der Waals surface area contributed by atoms with Crippen LogP contribution in [0.2, 0.25) is 0 Å². The second kappa shape index (κ2) is 9.81. The van der Waals surface area contributed by atoms with Gasteiger partial charge in [-0.2, -0.15) is 0 Å². The van der Waals surface area contributed by atoms with Crippen LogP contribution in [0.1, 0.15) is 49.7 Å². The predicted octanol–water partition coefficient (Wildman–Crippen LogP) is 2.59. The topological polar surface area (TPSA) is 87.5 Å². The van der Waals surface area contributed by atoms with Crippen LogP contribution in [-0.4, -0.2) is 42.0 Å². The summed E-state index contributed by atoms with van der Waals surface area (Å²) in [6, 6.07) is 8.74. The van der Waals surface area contributed by atoms with E-state index in [0.29, 0.717) is 31.3 Å². The van der Waals surface area contributed by atoms with Gasteiger partial charge in [0.05, 0.1) is 0 Å². The smallest absolute Gasteiger partial charge is 0.317 e. The highest BCUT2D eigenvalue weighted by molar-refractivity contribution is 5.85. The molecule has 0 saturated heterocycles. The van der Waals surface area contributed by atoms with Crippen LogP contribution < -0.4 is 16.4 Å². The van der Waals surface area contributed by atoms with Crippen molar-refractivity contribution in [1.29, 1.82) is 0 Å². The lowest BCUT2D eigenvalue weighted by molar-refractivity contribution is -0.123. The molecule has 2 unspecified atom stereocenters. The minimum atomic E-state index is -0.0807. The van der Waals surface area contributed by atoms with E-state index in [-0.39, 0.29) is 36.4 Å². The van der Waals surface area contributed by atoms with Gasteiger partial charge in [-0.05, 0) is 55.1 Å². The Morgan fingerprint density at radius 1 is 1.10 bits per heavy atom. The van der Waals surface area contributed by atoms with Crippen molar-refractivity contribution in [3.63, 3.8) is 0 Å². The van der Waals surface area contributed by atoms with Crippen LogP contribution in [-0.2, 0) is 17.8 Å². The van der Waals surface area contributed by atoms with E-state index in [9.17, 15) is 9.59 Å². The highest BCUT2D eigenvalue weighted by atomic mass is 35.5. The molecule has 2 atom stereocenters. The molecule has 1 heterocycles. The third kappa shape index (κ3) is 5.23. The van der Waals surface area contributed by atoms with Gasteiger partial charge in [0.1, 0.15) is 0 Å². The van der Waals surface area contributed by atoms with Gasteiger partial charge in [-0.15, -0.1) is 12.4 Å². The molecule has 29 heavy (non-hydrogen) atoms. The van der Waals surface area contributed by atoms with Crippen molar-refractivity contribution >= 4 is 24.3 Å². The molecule has 2 fully saturated rings. The van der Waals surface area contributed by atoms with E-state index in [1.165, 1.54) is 30.4 Å². The van der Waals surface area contributed by atoms with Crippen molar-refractivity contribution in [3.05, 3.63) is 35.4 Å². The number of nitrogens with two attached hydrogens (primary N) is 1. The molecule has 1 aromatic rings. The lowest BCUT2D eigenvalue weighted by Crippen LogP contribution is -2.54. The number of rotatable bonds is 4. The van der Waals surface area contributed by atoms with Gasteiger partial charge in [0, 0.05) is 38.1 Å². The number of halogens is 1. The molecule has 2 aliphatic carbocycles. The Labute approximate surface area is 179 Å². The van der Waals surface area contributed by atoms with Gasteiger partial charge in [0.2, 0.25) is 5.91 Å². The van der Waals surface area contributed by atoms with Gasteiger partial charge < -0.3 is 21.3 Å². The summed E-state index contributed by atoms with van der Waals surface area (Å²) >= 11 is 0. The Hall–Kier alpha value is -1.79. The predicted molar refractivity (Wildman–Crippen MR) is 116 cm³/mol. The molecule has 0 radical (unpaired) electrons. The van der Waals surface area contributed by atoms with Crippen molar-refractivity contribution in [2.24, 2.45) is 17.6 Å². The van der Waals surface area contributed by atoms with E-state index in [0.717, 1.165) is 25.8 Å². The van der Waals surface area contributed by atoms with Gasteiger partial charge in [0.25, 0.3) is 0 Å². The molecule has 0 spiro atoms. The summed E-state index contributed by atoms with van der Waals surface area (Å²) in [5.41, 5.74) is 8.70. The van der Waals surface area contributed by atoms with Crippen LogP contribution in [0, 0.1) is 11.8 Å². The summed E-state index contributed by atoms with van der Waals surface area (Å²) in [6.45, 7) is 1.74. The van der Waals surface area contributed by atoms with E-state index in [4.69, 9.17) is 5.73 Å². The fourth-order valence-electron chi connectivity index (χ4n) is 5.35. The van der Waals surface area contributed by atoms with Crippen molar-refractivity contribution in [1.82, 2.24) is 15.5 Å². The Kier molecular flexibility index (Phi) is 7.41. The fourth-order valence-corrected chi connectivity index (χ4v) is 5.35. The van der Waals surface area contributed by atoms with E-state index in [1.54, 1.807) is 0 Å². The maximum atomic E-state index is 12.4. The summed E-state index contributed by atoms with van der Waals surface area (Å²) < 4.78 is 0. The maximum absolute atomic E-state index is 12.4. The Morgan fingerprint density at radius 3 is 2.52 bits per heavy atom. The first-order valence-corrected chi connectivity index (χ1v) is 10.7. The lowest BCUT2D eigenvalue weighted by Gasteiger charge is -2.45. The zero-order valence-electron chi connectivity index (χ0n) is 16.9. The molecule has 3 aliphatic rings. The number of carbonyl (C=O) groups is 2. The van der Waals surface area contributed by atoms with Crippen LogP contribution >= 0.6 is 12.4 Å². The van der Waals surface area contributed by atoms with Crippen molar-refractivity contribution in [2.45, 2.75) is 63.6 Å². The molecule has 3 amide bonds. The number of nitrogens with zero attached hydrogens (tertiary/aromatic N) is 1. The normalized spacial score (nSPS) is 28.0. The number of fused-ring (bicyclic) bond motifs is 3. The van der Waals surface area contributed by atoms with E-state index in [2.05, 4.69) is 22.8 Å². The molecule has 2 saturated carbocycles. The monoisotopic (exact) mass is 420 g/mol. The van der Waals surface area contributed by atoms with Crippen LogP contribution in [0.4, 0.5) is 4.79 Å². The van der Waals surface area contributed by atoms with Gasteiger partial charge >= 0.3 is 6.03 Å². The van der Waals surface area contributed by atoms with E-state index in [1.807, 2.05) is 17.0 Å². The van der Waals surface area contributed by atoms with Crippen molar-refractivity contribution < 1.29 is 9.59 Å². The summed E-state index contributed by atoms with van der Waals surface area (Å²) in [5, 5.41) is 6.16. The molecular weight excluding hydrogens is 388 g/mol. The largest absolute Gasteiger partial charge is 0.353 e. The first-order valence-electron chi connectivity index (χ1n) is 10.7.